The van der Waals surface area contributed by atoms with E-state index in [1.54, 1.807) is 0 Å². The van der Waals surface area contributed by atoms with Crippen LogP contribution in [0.2, 0.25) is 0 Å². The molecule has 7 heteroatoms. The molecule has 1 amide bonds. The predicted octanol–water partition coefficient (Wildman–Crippen LogP) is 2.05. The number of hydrogen-bond donors (Lipinski definition) is 1. The number of carbonyl (C=O) groups excluding carboxylic acids is 1. The Labute approximate surface area is 147 Å². The molecule has 1 aliphatic heterocycles. The van der Waals surface area contributed by atoms with Gasteiger partial charge in [-0.3, -0.25) is 4.79 Å². The minimum atomic E-state index is 0.0281. The zero-order chi connectivity index (χ0) is 17.6. The van der Waals surface area contributed by atoms with Gasteiger partial charge in [-0.2, -0.15) is 4.98 Å². The number of amides is 1. The van der Waals surface area contributed by atoms with Crippen molar-refractivity contribution in [3.05, 3.63) is 35.6 Å². The molecule has 3 rings (SSSR count). The summed E-state index contributed by atoms with van der Waals surface area (Å²) in [7, 11) is 0. The van der Waals surface area contributed by atoms with Crippen LogP contribution in [0.5, 0.6) is 0 Å². The summed E-state index contributed by atoms with van der Waals surface area (Å²) in [6, 6.07) is 6.19. The van der Waals surface area contributed by atoms with Crippen LogP contribution < -0.4 is 10.2 Å². The molecule has 0 spiro atoms. The van der Waals surface area contributed by atoms with E-state index in [0.717, 1.165) is 43.9 Å². The van der Waals surface area contributed by atoms with Crippen molar-refractivity contribution < 1.29 is 9.32 Å². The molecule has 3 heterocycles. The van der Waals surface area contributed by atoms with E-state index in [-0.39, 0.29) is 11.9 Å². The lowest BCUT2D eigenvalue weighted by Gasteiger charge is -2.34. The maximum atomic E-state index is 12.2. The minimum Gasteiger partial charge on any atom is -0.355 e. The number of rotatable bonds is 6. The molecule has 2 aromatic rings. The van der Waals surface area contributed by atoms with Gasteiger partial charge in [0.1, 0.15) is 5.82 Å². The zero-order valence-corrected chi connectivity index (χ0v) is 14.9. The van der Waals surface area contributed by atoms with Gasteiger partial charge in [-0.05, 0) is 31.9 Å². The monoisotopic (exact) mass is 343 g/mol. The van der Waals surface area contributed by atoms with E-state index >= 15 is 0 Å². The lowest BCUT2D eigenvalue weighted by atomic mass is 10.1. The Hall–Kier alpha value is -2.44. The summed E-state index contributed by atoms with van der Waals surface area (Å²) in [4.78, 5) is 23.3. The summed E-state index contributed by atoms with van der Waals surface area (Å²) in [6.07, 6.45) is 3.62. The van der Waals surface area contributed by atoms with Crippen molar-refractivity contribution in [1.82, 2.24) is 20.4 Å². The highest BCUT2D eigenvalue weighted by Gasteiger charge is 2.22. The molecule has 1 fully saturated rings. The molecule has 134 valence electrons. The van der Waals surface area contributed by atoms with Crippen LogP contribution in [0.4, 0.5) is 5.82 Å². The van der Waals surface area contributed by atoms with Crippen molar-refractivity contribution in [3.8, 4) is 0 Å². The quantitative estimate of drug-likeness (QED) is 0.864. The molecule has 1 aliphatic rings. The number of nitrogens with zero attached hydrogens (tertiary/aromatic N) is 4. The molecule has 1 saturated heterocycles. The highest BCUT2D eigenvalue weighted by atomic mass is 16.5. The number of piperidine rings is 1. The van der Waals surface area contributed by atoms with Gasteiger partial charge in [-0.25, -0.2) is 4.98 Å². The Bertz CT molecular complexity index is 715. The third kappa shape index (κ3) is 4.78. The predicted molar refractivity (Wildman–Crippen MR) is 94.3 cm³/mol. The molecule has 0 bridgehead atoms. The van der Waals surface area contributed by atoms with Crippen LogP contribution in [-0.2, 0) is 17.6 Å². The fourth-order valence-electron chi connectivity index (χ4n) is 3.06. The van der Waals surface area contributed by atoms with Crippen LogP contribution in [0.3, 0.4) is 0 Å². The Morgan fingerprint density at radius 3 is 3.04 bits per heavy atom. The van der Waals surface area contributed by atoms with Crippen molar-refractivity contribution in [3.63, 3.8) is 0 Å². The Balaban J connectivity index is 1.49. The van der Waals surface area contributed by atoms with Gasteiger partial charge in [0, 0.05) is 44.1 Å². The first-order valence-corrected chi connectivity index (χ1v) is 8.93. The van der Waals surface area contributed by atoms with Gasteiger partial charge in [-0.15, -0.1) is 0 Å². The van der Waals surface area contributed by atoms with Crippen LogP contribution in [0, 0.1) is 6.92 Å². The maximum Gasteiger partial charge on any atom is 0.227 e. The van der Waals surface area contributed by atoms with Crippen molar-refractivity contribution in [2.75, 3.05) is 18.0 Å². The van der Waals surface area contributed by atoms with Gasteiger partial charge >= 0.3 is 0 Å². The van der Waals surface area contributed by atoms with Crippen LogP contribution >= 0.6 is 0 Å². The summed E-state index contributed by atoms with van der Waals surface area (Å²) < 4.78 is 5.12. The van der Waals surface area contributed by atoms with Crippen molar-refractivity contribution >= 4 is 11.7 Å². The summed E-state index contributed by atoms with van der Waals surface area (Å²) in [5.74, 6) is 2.22. The van der Waals surface area contributed by atoms with E-state index in [1.807, 2.05) is 32.0 Å². The van der Waals surface area contributed by atoms with Crippen LogP contribution in [-0.4, -0.2) is 40.2 Å². The molecule has 0 aromatic carbocycles. The van der Waals surface area contributed by atoms with Crippen molar-refractivity contribution in [2.24, 2.45) is 0 Å². The second-order valence-electron chi connectivity index (χ2n) is 6.45. The van der Waals surface area contributed by atoms with E-state index in [2.05, 4.69) is 25.3 Å². The number of hydrogen-bond acceptors (Lipinski definition) is 6. The van der Waals surface area contributed by atoms with Gasteiger partial charge in [0.15, 0.2) is 5.82 Å². The third-order valence-electron chi connectivity index (χ3n) is 4.38. The highest BCUT2D eigenvalue weighted by Crippen LogP contribution is 2.18. The molecule has 1 atom stereocenters. The van der Waals surface area contributed by atoms with E-state index < -0.39 is 0 Å². The second-order valence-corrected chi connectivity index (χ2v) is 6.45. The fraction of sp³-hybridized carbons (Fsp3) is 0.556. The van der Waals surface area contributed by atoms with Crippen LogP contribution in [0.15, 0.2) is 22.7 Å². The lowest BCUT2D eigenvalue weighted by Crippen LogP contribution is -2.48. The average Bonchev–Trinajstić information content (AvgIpc) is 3.08. The van der Waals surface area contributed by atoms with Crippen molar-refractivity contribution in [1.29, 1.82) is 0 Å². The number of nitrogens with one attached hydrogen (secondary N) is 1. The maximum absolute atomic E-state index is 12.2. The zero-order valence-electron chi connectivity index (χ0n) is 14.9. The molecule has 0 aliphatic carbocycles. The Morgan fingerprint density at radius 1 is 1.40 bits per heavy atom. The molecule has 0 radical (unpaired) electrons. The van der Waals surface area contributed by atoms with Crippen LogP contribution in [0.25, 0.3) is 0 Å². The average molecular weight is 343 g/mol. The van der Waals surface area contributed by atoms with E-state index in [1.165, 1.54) is 0 Å². The number of anilines is 1. The van der Waals surface area contributed by atoms with Crippen molar-refractivity contribution in [2.45, 2.75) is 52.0 Å². The molecule has 1 N–H and O–H groups in total. The van der Waals surface area contributed by atoms with Gasteiger partial charge in [-0.1, -0.05) is 18.1 Å². The molecule has 0 unspecified atom stereocenters. The summed E-state index contributed by atoms with van der Waals surface area (Å²) in [5, 5.41) is 6.97. The number of carbonyl (C=O) groups is 1. The number of aryl methyl sites for hydroxylation is 3. The minimum absolute atomic E-state index is 0.0281. The number of aromatic nitrogens is 3. The summed E-state index contributed by atoms with van der Waals surface area (Å²) in [6.45, 7) is 5.74. The largest absolute Gasteiger partial charge is 0.355 e. The molecular formula is C18H25N5O2. The topological polar surface area (TPSA) is 84.2 Å². The second kappa shape index (κ2) is 8.09. The Morgan fingerprint density at radius 2 is 2.28 bits per heavy atom. The first-order chi connectivity index (χ1) is 12.1. The normalized spacial score (nSPS) is 17.5. The SMILES string of the molecule is CCc1noc(CCC(=O)N[C@H]2CCCN(c3cccc(C)n3)C2)n1. The smallest absolute Gasteiger partial charge is 0.227 e. The summed E-state index contributed by atoms with van der Waals surface area (Å²) >= 11 is 0. The third-order valence-corrected chi connectivity index (χ3v) is 4.38. The molecule has 0 saturated carbocycles. The highest BCUT2D eigenvalue weighted by molar-refractivity contribution is 5.76. The molecular weight excluding hydrogens is 318 g/mol. The molecule has 2 aromatic heterocycles. The van der Waals surface area contributed by atoms with Gasteiger partial charge in [0.05, 0.1) is 0 Å². The first kappa shape index (κ1) is 17.4. The van der Waals surface area contributed by atoms with Gasteiger partial charge in [0.2, 0.25) is 11.8 Å². The van der Waals surface area contributed by atoms with E-state index in [9.17, 15) is 4.79 Å². The van der Waals surface area contributed by atoms with Gasteiger partial charge in [0.25, 0.3) is 0 Å². The first-order valence-electron chi connectivity index (χ1n) is 8.93. The molecule has 7 nitrogen and oxygen atoms in total. The lowest BCUT2D eigenvalue weighted by molar-refractivity contribution is -0.121. The fourth-order valence-corrected chi connectivity index (χ4v) is 3.06. The standard InChI is InChI=1S/C18H25N5O2/c1-3-15-21-18(25-22-15)10-9-17(24)20-14-7-5-11-23(12-14)16-8-4-6-13(2)19-16/h4,6,8,14H,3,5,7,9-12H2,1-2H3,(H,20,24)/t14-/m0/s1. The van der Waals surface area contributed by atoms with Gasteiger partial charge < -0.3 is 14.7 Å². The van der Waals surface area contributed by atoms with Crippen LogP contribution in [0.1, 0.15) is 43.6 Å². The van der Waals surface area contributed by atoms with E-state index in [0.29, 0.717) is 24.6 Å². The summed E-state index contributed by atoms with van der Waals surface area (Å²) in [5.41, 5.74) is 1.01. The molecule has 25 heavy (non-hydrogen) atoms. The number of pyridine rings is 1. The Kier molecular flexibility index (Phi) is 5.63. The van der Waals surface area contributed by atoms with E-state index in [4.69, 9.17) is 4.52 Å².